The van der Waals surface area contributed by atoms with E-state index >= 15 is 0 Å². The van der Waals surface area contributed by atoms with Crippen molar-refractivity contribution in [2.75, 3.05) is 0 Å². The number of amides is 2. The van der Waals surface area contributed by atoms with Crippen LogP contribution in [0.2, 0.25) is 0 Å². The Morgan fingerprint density at radius 2 is 1.84 bits per heavy atom. The van der Waals surface area contributed by atoms with Crippen LogP contribution in [0.4, 0.5) is 0 Å². The Balaban J connectivity index is 1.85. The maximum atomic E-state index is 12.5. The fourth-order valence-corrected chi connectivity index (χ4v) is 3.35. The number of carbonyl (C=O) groups is 2. The van der Waals surface area contributed by atoms with Crippen LogP contribution in [0.5, 0.6) is 0 Å². The predicted molar refractivity (Wildman–Crippen MR) is 94.3 cm³/mol. The van der Waals surface area contributed by atoms with E-state index < -0.39 is 11.8 Å². The van der Waals surface area contributed by atoms with Crippen molar-refractivity contribution in [3.8, 4) is 0 Å². The first kappa shape index (κ1) is 13.7. The van der Waals surface area contributed by atoms with Gasteiger partial charge in [-0.15, -0.1) is 0 Å². The van der Waals surface area contributed by atoms with E-state index in [2.05, 4.69) is 15.3 Å². The zero-order chi connectivity index (χ0) is 17.0. The van der Waals surface area contributed by atoms with Crippen LogP contribution in [0.3, 0.4) is 0 Å². The summed E-state index contributed by atoms with van der Waals surface area (Å²) in [6.45, 7) is 0. The number of H-pyrrole nitrogens is 1. The highest BCUT2D eigenvalue weighted by atomic mass is 16.2. The first-order valence-corrected chi connectivity index (χ1v) is 7.83. The van der Waals surface area contributed by atoms with Crippen LogP contribution in [-0.4, -0.2) is 26.3 Å². The van der Waals surface area contributed by atoms with E-state index in [9.17, 15) is 9.59 Å². The number of carbonyl (C=O) groups excluding carboxylic acids is 2. The first-order valence-electron chi connectivity index (χ1n) is 7.83. The highest BCUT2D eigenvalue weighted by molar-refractivity contribution is 6.47. The summed E-state index contributed by atoms with van der Waals surface area (Å²) in [4.78, 5) is 32.6. The standard InChI is InChI=1S/C19H12N4O2/c24-18-15(13-10-21-14-6-2-1-5-12(13)14)16(19(25)22-18)23-9-7-11-4-3-8-20-17(11)23/h1-10,21H,(H,22,24,25). The van der Waals surface area contributed by atoms with Crippen molar-refractivity contribution in [2.45, 2.75) is 0 Å². The molecule has 2 amide bonds. The normalized spacial score (nSPS) is 14.7. The van der Waals surface area contributed by atoms with Gasteiger partial charge < -0.3 is 4.98 Å². The lowest BCUT2D eigenvalue weighted by Gasteiger charge is -2.06. The fourth-order valence-electron chi connectivity index (χ4n) is 3.35. The van der Waals surface area contributed by atoms with Crippen molar-refractivity contribution >= 4 is 45.0 Å². The second-order valence-corrected chi connectivity index (χ2v) is 5.86. The highest BCUT2D eigenvalue weighted by Gasteiger charge is 2.34. The van der Waals surface area contributed by atoms with Gasteiger partial charge in [-0.05, 0) is 24.3 Å². The number of rotatable bonds is 2. The lowest BCUT2D eigenvalue weighted by atomic mass is 10.0. The quantitative estimate of drug-likeness (QED) is 0.555. The molecule has 6 heteroatoms. The van der Waals surface area contributed by atoms with Gasteiger partial charge in [0, 0.05) is 40.4 Å². The monoisotopic (exact) mass is 328 g/mol. The number of para-hydroxylation sites is 1. The van der Waals surface area contributed by atoms with Gasteiger partial charge in [0.05, 0.1) is 5.57 Å². The summed E-state index contributed by atoms with van der Waals surface area (Å²) in [5.41, 5.74) is 2.90. The van der Waals surface area contributed by atoms with E-state index in [0.29, 0.717) is 22.5 Å². The molecule has 1 aliphatic rings. The van der Waals surface area contributed by atoms with Crippen molar-refractivity contribution in [2.24, 2.45) is 0 Å². The van der Waals surface area contributed by atoms with Crippen LogP contribution in [0, 0.1) is 0 Å². The number of nitrogens with one attached hydrogen (secondary N) is 2. The third-order valence-electron chi connectivity index (χ3n) is 4.45. The van der Waals surface area contributed by atoms with Gasteiger partial charge in [0.25, 0.3) is 11.8 Å². The molecule has 2 N–H and O–H groups in total. The summed E-state index contributed by atoms with van der Waals surface area (Å²) in [7, 11) is 0. The van der Waals surface area contributed by atoms with Crippen molar-refractivity contribution < 1.29 is 9.59 Å². The SMILES string of the molecule is O=C1NC(=O)C(n2ccc3cccnc32)=C1c1c[nH]c2ccccc12. The van der Waals surface area contributed by atoms with E-state index in [-0.39, 0.29) is 0 Å². The molecule has 0 saturated carbocycles. The molecule has 25 heavy (non-hydrogen) atoms. The zero-order valence-electron chi connectivity index (χ0n) is 13.0. The van der Waals surface area contributed by atoms with E-state index in [1.54, 1.807) is 23.2 Å². The summed E-state index contributed by atoms with van der Waals surface area (Å²) in [5.74, 6) is -0.823. The number of aromatic amines is 1. The number of pyridine rings is 1. The highest BCUT2D eigenvalue weighted by Crippen LogP contribution is 2.33. The molecule has 0 bridgehead atoms. The zero-order valence-corrected chi connectivity index (χ0v) is 13.0. The third kappa shape index (κ3) is 1.88. The van der Waals surface area contributed by atoms with Crippen LogP contribution >= 0.6 is 0 Å². The maximum absolute atomic E-state index is 12.5. The Labute approximate surface area is 141 Å². The van der Waals surface area contributed by atoms with Crippen LogP contribution in [0.25, 0.3) is 33.2 Å². The van der Waals surface area contributed by atoms with E-state index in [1.165, 1.54) is 0 Å². The van der Waals surface area contributed by atoms with E-state index in [0.717, 1.165) is 16.3 Å². The van der Waals surface area contributed by atoms with Crippen LogP contribution in [0.1, 0.15) is 5.56 Å². The van der Waals surface area contributed by atoms with Gasteiger partial charge in [-0.1, -0.05) is 18.2 Å². The van der Waals surface area contributed by atoms with Crippen molar-refractivity contribution in [3.05, 3.63) is 66.6 Å². The average Bonchev–Trinajstić information content (AvgIpc) is 3.30. The average molecular weight is 328 g/mol. The summed E-state index contributed by atoms with van der Waals surface area (Å²) < 4.78 is 1.67. The fraction of sp³-hybridized carbons (Fsp3) is 0. The molecular weight excluding hydrogens is 316 g/mol. The molecule has 4 heterocycles. The summed E-state index contributed by atoms with van der Waals surface area (Å²) >= 11 is 0. The topological polar surface area (TPSA) is 79.8 Å². The summed E-state index contributed by atoms with van der Waals surface area (Å²) in [6, 6.07) is 13.3. The Morgan fingerprint density at radius 1 is 0.960 bits per heavy atom. The number of aromatic nitrogens is 3. The molecule has 6 nitrogen and oxygen atoms in total. The molecule has 1 aliphatic heterocycles. The molecule has 120 valence electrons. The van der Waals surface area contributed by atoms with Crippen LogP contribution in [0.15, 0.2) is 61.1 Å². The molecule has 0 saturated heterocycles. The summed E-state index contributed by atoms with van der Waals surface area (Å²) in [6.07, 6.45) is 5.19. The molecule has 4 aromatic rings. The molecule has 3 aromatic heterocycles. The Bertz CT molecular complexity index is 1120. The molecule has 0 radical (unpaired) electrons. The molecule has 0 aliphatic carbocycles. The largest absolute Gasteiger partial charge is 0.361 e. The lowest BCUT2D eigenvalue weighted by Crippen LogP contribution is -2.23. The van der Waals surface area contributed by atoms with Gasteiger partial charge in [-0.3, -0.25) is 19.5 Å². The Hall–Kier alpha value is -3.67. The number of nitrogens with zero attached hydrogens (tertiary/aromatic N) is 2. The Morgan fingerprint density at radius 3 is 2.76 bits per heavy atom. The van der Waals surface area contributed by atoms with Gasteiger partial charge in [-0.25, -0.2) is 4.98 Å². The van der Waals surface area contributed by atoms with Gasteiger partial charge >= 0.3 is 0 Å². The summed E-state index contributed by atoms with van der Waals surface area (Å²) in [5, 5.41) is 4.20. The van der Waals surface area contributed by atoms with Crippen molar-refractivity contribution in [3.63, 3.8) is 0 Å². The van der Waals surface area contributed by atoms with E-state index in [1.807, 2.05) is 42.5 Å². The number of hydrogen-bond acceptors (Lipinski definition) is 3. The maximum Gasteiger partial charge on any atom is 0.275 e. The third-order valence-corrected chi connectivity index (χ3v) is 4.45. The Kier molecular flexibility index (Phi) is 2.70. The molecule has 0 unspecified atom stereocenters. The van der Waals surface area contributed by atoms with Gasteiger partial charge in [-0.2, -0.15) is 0 Å². The minimum absolute atomic E-state index is 0.295. The number of benzene rings is 1. The number of hydrogen-bond donors (Lipinski definition) is 2. The smallest absolute Gasteiger partial charge is 0.275 e. The lowest BCUT2D eigenvalue weighted by molar-refractivity contribution is -0.122. The molecule has 5 rings (SSSR count). The second-order valence-electron chi connectivity index (χ2n) is 5.86. The molecule has 0 atom stereocenters. The number of imide groups is 1. The molecular formula is C19H12N4O2. The minimum Gasteiger partial charge on any atom is -0.361 e. The minimum atomic E-state index is -0.423. The second kappa shape index (κ2) is 4.91. The number of fused-ring (bicyclic) bond motifs is 2. The molecule has 1 aromatic carbocycles. The predicted octanol–water partition coefficient (Wildman–Crippen LogP) is 2.54. The first-order chi connectivity index (χ1) is 12.2. The molecule has 0 spiro atoms. The van der Waals surface area contributed by atoms with E-state index in [4.69, 9.17) is 0 Å². The van der Waals surface area contributed by atoms with Gasteiger partial charge in [0.15, 0.2) is 0 Å². The van der Waals surface area contributed by atoms with Gasteiger partial charge in [0.1, 0.15) is 11.3 Å². The van der Waals surface area contributed by atoms with Crippen LogP contribution in [-0.2, 0) is 9.59 Å². The molecule has 0 fully saturated rings. The van der Waals surface area contributed by atoms with Crippen molar-refractivity contribution in [1.82, 2.24) is 19.9 Å². The van der Waals surface area contributed by atoms with Crippen molar-refractivity contribution in [1.29, 1.82) is 0 Å². The van der Waals surface area contributed by atoms with Crippen LogP contribution < -0.4 is 5.32 Å². The van der Waals surface area contributed by atoms with Gasteiger partial charge in [0.2, 0.25) is 0 Å².